The predicted molar refractivity (Wildman–Crippen MR) is 43.2 cm³/mol. The van der Waals surface area contributed by atoms with Crippen LogP contribution < -0.4 is 0 Å². The van der Waals surface area contributed by atoms with Crippen LogP contribution in [0.2, 0.25) is 0 Å². The minimum atomic E-state index is -0.740. The van der Waals surface area contributed by atoms with Crippen LogP contribution in [0.25, 0.3) is 0 Å². The van der Waals surface area contributed by atoms with Crippen molar-refractivity contribution in [3.63, 3.8) is 0 Å². The minimum absolute atomic E-state index is 0.0353. The molecule has 4 atom stereocenters. The standard InChI is InChI=1S/C9H14O4/c10-8-7-6(13-7)5-12-9(8)3-1-2-4-11-9/h6-8,10H,1-5H2/t6-,7-,8-,9-/m0/s1. The molecule has 0 unspecified atom stereocenters. The fourth-order valence-electron chi connectivity index (χ4n) is 2.26. The molecule has 1 N–H and O–H groups in total. The normalized spacial score (nSPS) is 54.7. The van der Waals surface area contributed by atoms with Crippen LogP contribution in [0.5, 0.6) is 0 Å². The molecule has 74 valence electrons. The highest BCUT2D eigenvalue weighted by atomic mass is 16.7. The quantitative estimate of drug-likeness (QED) is 0.543. The highest BCUT2D eigenvalue weighted by molar-refractivity contribution is 5.02. The van der Waals surface area contributed by atoms with E-state index in [1.807, 2.05) is 0 Å². The van der Waals surface area contributed by atoms with E-state index in [-0.39, 0.29) is 12.2 Å². The van der Waals surface area contributed by atoms with E-state index in [9.17, 15) is 5.11 Å². The summed E-state index contributed by atoms with van der Waals surface area (Å²) in [6.45, 7) is 1.26. The van der Waals surface area contributed by atoms with Gasteiger partial charge >= 0.3 is 0 Å². The molecule has 3 rings (SSSR count). The Hall–Kier alpha value is -0.160. The molecule has 0 aromatic rings. The summed E-state index contributed by atoms with van der Waals surface area (Å²) in [5.41, 5.74) is 0. The van der Waals surface area contributed by atoms with Gasteiger partial charge in [0.2, 0.25) is 0 Å². The predicted octanol–water partition coefficient (Wildman–Crippen LogP) is 0.0417. The summed E-state index contributed by atoms with van der Waals surface area (Å²) in [5.74, 6) is -0.740. The van der Waals surface area contributed by atoms with E-state index in [1.54, 1.807) is 0 Å². The molecule has 1 spiro atoms. The average Bonchev–Trinajstić information content (AvgIpc) is 2.94. The number of aliphatic hydroxyl groups excluding tert-OH is 1. The van der Waals surface area contributed by atoms with Gasteiger partial charge < -0.3 is 19.3 Å². The molecule has 0 aromatic heterocycles. The lowest BCUT2D eigenvalue weighted by Crippen LogP contribution is -2.55. The first-order chi connectivity index (χ1) is 6.32. The van der Waals surface area contributed by atoms with Crippen molar-refractivity contribution in [2.75, 3.05) is 13.2 Å². The maximum absolute atomic E-state index is 9.92. The van der Waals surface area contributed by atoms with Crippen LogP contribution in [0.15, 0.2) is 0 Å². The summed E-state index contributed by atoms with van der Waals surface area (Å²) in [7, 11) is 0. The fourth-order valence-corrected chi connectivity index (χ4v) is 2.26. The van der Waals surface area contributed by atoms with E-state index in [4.69, 9.17) is 14.2 Å². The van der Waals surface area contributed by atoms with E-state index >= 15 is 0 Å². The molecule has 3 heterocycles. The summed E-state index contributed by atoms with van der Waals surface area (Å²) in [5, 5.41) is 9.92. The number of rotatable bonds is 0. The number of epoxide rings is 1. The molecular weight excluding hydrogens is 172 g/mol. The van der Waals surface area contributed by atoms with Crippen molar-refractivity contribution < 1.29 is 19.3 Å². The van der Waals surface area contributed by atoms with Gasteiger partial charge in [-0.15, -0.1) is 0 Å². The molecule has 0 aromatic carbocycles. The topological polar surface area (TPSA) is 51.2 Å². The van der Waals surface area contributed by atoms with Crippen molar-refractivity contribution in [3.05, 3.63) is 0 Å². The van der Waals surface area contributed by atoms with Gasteiger partial charge in [-0.1, -0.05) is 0 Å². The van der Waals surface area contributed by atoms with Crippen LogP contribution >= 0.6 is 0 Å². The van der Waals surface area contributed by atoms with E-state index in [2.05, 4.69) is 0 Å². The smallest absolute Gasteiger partial charge is 0.197 e. The number of hydrogen-bond acceptors (Lipinski definition) is 4. The molecule has 3 aliphatic heterocycles. The monoisotopic (exact) mass is 186 g/mol. The van der Waals surface area contributed by atoms with E-state index in [0.29, 0.717) is 13.2 Å². The third-order valence-electron chi connectivity index (χ3n) is 3.14. The van der Waals surface area contributed by atoms with Crippen LogP contribution in [0, 0.1) is 0 Å². The number of fused-ring (bicyclic) bond motifs is 1. The van der Waals surface area contributed by atoms with Crippen LogP contribution in [0.4, 0.5) is 0 Å². The van der Waals surface area contributed by atoms with Crippen molar-refractivity contribution in [2.24, 2.45) is 0 Å². The Bertz CT molecular complexity index is 212. The van der Waals surface area contributed by atoms with E-state index in [0.717, 1.165) is 19.3 Å². The molecule has 0 amide bonds. The molecule has 0 aliphatic carbocycles. The first-order valence-electron chi connectivity index (χ1n) is 4.93. The lowest BCUT2D eigenvalue weighted by molar-refractivity contribution is -0.308. The van der Waals surface area contributed by atoms with Crippen LogP contribution in [-0.4, -0.2) is 42.4 Å². The third-order valence-corrected chi connectivity index (χ3v) is 3.14. The van der Waals surface area contributed by atoms with Gasteiger partial charge in [-0.3, -0.25) is 0 Å². The van der Waals surface area contributed by atoms with Crippen LogP contribution in [-0.2, 0) is 14.2 Å². The summed E-state index contributed by atoms with van der Waals surface area (Å²) in [6.07, 6.45) is 2.41. The Morgan fingerprint density at radius 3 is 2.92 bits per heavy atom. The second-order valence-electron chi connectivity index (χ2n) is 4.01. The number of hydrogen-bond donors (Lipinski definition) is 1. The van der Waals surface area contributed by atoms with Crippen LogP contribution in [0.3, 0.4) is 0 Å². The third kappa shape index (κ3) is 1.13. The van der Waals surface area contributed by atoms with Gasteiger partial charge in [0, 0.05) is 6.42 Å². The molecule has 0 radical (unpaired) electrons. The molecule has 3 aliphatic rings. The van der Waals surface area contributed by atoms with Gasteiger partial charge in [-0.25, -0.2) is 0 Å². The van der Waals surface area contributed by atoms with Crippen molar-refractivity contribution in [2.45, 2.75) is 43.4 Å². The number of ether oxygens (including phenoxy) is 3. The first kappa shape index (κ1) is 8.17. The molecule has 4 nitrogen and oxygen atoms in total. The van der Waals surface area contributed by atoms with Crippen molar-refractivity contribution in [1.82, 2.24) is 0 Å². The zero-order chi connectivity index (χ0) is 8.89. The molecule has 4 heteroatoms. The number of aliphatic hydroxyl groups is 1. The Morgan fingerprint density at radius 1 is 1.23 bits per heavy atom. The lowest BCUT2D eigenvalue weighted by atomic mass is 9.94. The van der Waals surface area contributed by atoms with Gasteiger partial charge in [0.15, 0.2) is 5.79 Å². The Morgan fingerprint density at radius 2 is 2.15 bits per heavy atom. The highest BCUT2D eigenvalue weighted by Crippen LogP contribution is 2.42. The Balaban J connectivity index is 1.79. The maximum Gasteiger partial charge on any atom is 0.197 e. The van der Waals surface area contributed by atoms with Gasteiger partial charge in [0.25, 0.3) is 0 Å². The molecular formula is C9H14O4. The van der Waals surface area contributed by atoms with Crippen LogP contribution in [0.1, 0.15) is 19.3 Å². The van der Waals surface area contributed by atoms with Gasteiger partial charge in [0.05, 0.1) is 13.2 Å². The van der Waals surface area contributed by atoms with Crippen molar-refractivity contribution in [3.8, 4) is 0 Å². The first-order valence-corrected chi connectivity index (χ1v) is 4.93. The Kier molecular flexibility index (Phi) is 1.68. The van der Waals surface area contributed by atoms with Crippen molar-refractivity contribution in [1.29, 1.82) is 0 Å². The summed E-state index contributed by atoms with van der Waals surface area (Å²) >= 11 is 0. The summed E-state index contributed by atoms with van der Waals surface area (Å²) < 4.78 is 16.4. The van der Waals surface area contributed by atoms with Gasteiger partial charge in [0.1, 0.15) is 18.3 Å². The molecule has 0 saturated carbocycles. The minimum Gasteiger partial charge on any atom is -0.385 e. The molecule has 3 fully saturated rings. The van der Waals surface area contributed by atoms with E-state index in [1.165, 1.54) is 0 Å². The molecule has 13 heavy (non-hydrogen) atoms. The van der Waals surface area contributed by atoms with Crippen molar-refractivity contribution >= 4 is 0 Å². The maximum atomic E-state index is 9.92. The second kappa shape index (κ2) is 2.67. The average molecular weight is 186 g/mol. The van der Waals surface area contributed by atoms with Gasteiger partial charge in [-0.05, 0) is 12.8 Å². The summed E-state index contributed by atoms with van der Waals surface area (Å²) in [6, 6.07) is 0. The largest absolute Gasteiger partial charge is 0.385 e. The molecule has 3 saturated heterocycles. The zero-order valence-electron chi connectivity index (χ0n) is 7.44. The highest BCUT2D eigenvalue weighted by Gasteiger charge is 2.60. The Labute approximate surface area is 76.8 Å². The second-order valence-corrected chi connectivity index (χ2v) is 4.01. The van der Waals surface area contributed by atoms with Gasteiger partial charge in [-0.2, -0.15) is 0 Å². The van der Waals surface area contributed by atoms with E-state index < -0.39 is 11.9 Å². The lowest BCUT2D eigenvalue weighted by Gasteiger charge is -2.41. The fraction of sp³-hybridized carbons (Fsp3) is 1.00. The SMILES string of the molecule is O[C@H]1[C@H]2O[C@H]2CO[C@@]12CCCCO2. The summed E-state index contributed by atoms with van der Waals surface area (Å²) in [4.78, 5) is 0. The molecule has 0 bridgehead atoms. The zero-order valence-corrected chi connectivity index (χ0v) is 7.44.